The van der Waals surface area contributed by atoms with Crippen LogP contribution in [0.2, 0.25) is 0 Å². The van der Waals surface area contributed by atoms with Crippen LogP contribution in [0, 0.1) is 0 Å². The summed E-state index contributed by atoms with van der Waals surface area (Å²) in [5.41, 5.74) is 0.921. The molecule has 1 amide bonds. The second-order valence-electron chi connectivity index (χ2n) is 6.21. The monoisotopic (exact) mass is 354 g/mol. The summed E-state index contributed by atoms with van der Waals surface area (Å²) in [7, 11) is -1.87. The van der Waals surface area contributed by atoms with Gasteiger partial charge in [-0.3, -0.25) is 4.79 Å². The van der Waals surface area contributed by atoms with Gasteiger partial charge in [0.05, 0.1) is 19.9 Å². The maximum Gasteiger partial charge on any atom is 0.235 e. The lowest BCUT2D eigenvalue weighted by Crippen LogP contribution is -2.43. The van der Waals surface area contributed by atoms with Crippen LogP contribution in [-0.4, -0.2) is 51.1 Å². The summed E-state index contributed by atoms with van der Waals surface area (Å²) in [5, 5.41) is 2.93. The molecule has 0 bridgehead atoms. The van der Waals surface area contributed by atoms with Crippen LogP contribution in [0.3, 0.4) is 0 Å². The number of carbonyl (C=O) groups excluding carboxylic acids is 1. The third-order valence-electron chi connectivity index (χ3n) is 4.33. The molecule has 1 aliphatic carbocycles. The quantitative estimate of drug-likeness (QED) is 0.769. The van der Waals surface area contributed by atoms with Crippen LogP contribution in [0.1, 0.15) is 31.2 Å². The van der Waals surface area contributed by atoms with Crippen molar-refractivity contribution >= 4 is 15.9 Å². The van der Waals surface area contributed by atoms with E-state index in [9.17, 15) is 13.2 Å². The Balaban J connectivity index is 1.96. The van der Waals surface area contributed by atoms with Gasteiger partial charge >= 0.3 is 0 Å². The molecule has 7 heteroatoms. The topological polar surface area (TPSA) is 75.7 Å². The van der Waals surface area contributed by atoms with Gasteiger partial charge in [-0.05, 0) is 30.9 Å². The van der Waals surface area contributed by atoms with E-state index in [0.717, 1.165) is 43.3 Å². The van der Waals surface area contributed by atoms with Gasteiger partial charge in [-0.15, -0.1) is 0 Å². The number of hydrogen-bond donors (Lipinski definition) is 1. The first-order valence-electron chi connectivity index (χ1n) is 8.26. The van der Waals surface area contributed by atoms with Crippen LogP contribution < -0.4 is 10.1 Å². The summed E-state index contributed by atoms with van der Waals surface area (Å²) >= 11 is 0. The zero-order chi connectivity index (χ0) is 17.6. The number of ether oxygens (including phenoxy) is 1. The molecule has 0 spiro atoms. The highest BCUT2D eigenvalue weighted by Gasteiger charge is 2.23. The van der Waals surface area contributed by atoms with Crippen LogP contribution >= 0.6 is 0 Å². The second-order valence-corrected chi connectivity index (χ2v) is 8.19. The maximum absolute atomic E-state index is 12.1. The minimum atomic E-state index is -3.45. The van der Waals surface area contributed by atoms with Crippen LogP contribution in [-0.2, 0) is 21.2 Å². The molecule has 1 aromatic carbocycles. The normalized spacial score (nSPS) is 15.6. The Morgan fingerprint density at radius 2 is 1.96 bits per heavy atom. The minimum absolute atomic E-state index is 0.134. The van der Waals surface area contributed by atoms with Crippen LogP contribution in [0.15, 0.2) is 24.3 Å². The van der Waals surface area contributed by atoms with Gasteiger partial charge in [-0.1, -0.05) is 31.0 Å². The van der Waals surface area contributed by atoms with Crippen molar-refractivity contribution in [3.8, 4) is 5.75 Å². The van der Waals surface area contributed by atoms with E-state index in [0.29, 0.717) is 6.42 Å². The summed E-state index contributed by atoms with van der Waals surface area (Å²) in [6, 6.07) is 7.68. The predicted molar refractivity (Wildman–Crippen MR) is 93.5 cm³/mol. The average Bonchev–Trinajstić information content (AvgIpc) is 3.03. The summed E-state index contributed by atoms with van der Waals surface area (Å²) in [6.45, 7) is 0.113. The van der Waals surface area contributed by atoms with Crippen molar-refractivity contribution < 1.29 is 17.9 Å². The number of para-hydroxylation sites is 1. The maximum atomic E-state index is 12.1. The van der Waals surface area contributed by atoms with Gasteiger partial charge in [0.15, 0.2) is 0 Å². The van der Waals surface area contributed by atoms with Gasteiger partial charge in [0.1, 0.15) is 5.75 Å². The van der Waals surface area contributed by atoms with Crippen molar-refractivity contribution in [2.45, 2.75) is 38.1 Å². The summed E-state index contributed by atoms with van der Waals surface area (Å²) in [4.78, 5) is 12.1. The smallest absolute Gasteiger partial charge is 0.235 e. The molecule has 6 nitrogen and oxygen atoms in total. The van der Waals surface area contributed by atoms with Crippen molar-refractivity contribution in [3.63, 3.8) is 0 Å². The van der Waals surface area contributed by atoms with Crippen molar-refractivity contribution in [1.82, 2.24) is 9.62 Å². The molecular weight excluding hydrogens is 328 g/mol. The highest BCUT2D eigenvalue weighted by Crippen LogP contribution is 2.19. The highest BCUT2D eigenvalue weighted by atomic mass is 32.2. The zero-order valence-electron chi connectivity index (χ0n) is 14.3. The van der Waals surface area contributed by atoms with Crippen LogP contribution in [0.4, 0.5) is 0 Å². The summed E-state index contributed by atoms with van der Waals surface area (Å²) in [5.74, 6) is 0.494. The molecule has 24 heavy (non-hydrogen) atoms. The average molecular weight is 354 g/mol. The van der Waals surface area contributed by atoms with Gasteiger partial charge in [0.25, 0.3) is 0 Å². The van der Waals surface area contributed by atoms with E-state index < -0.39 is 10.0 Å². The fraction of sp³-hybridized carbons (Fsp3) is 0.588. The SMILES string of the molecule is COc1ccccc1CCN(CC(=O)NC1CCCC1)S(C)(=O)=O. The number of nitrogens with one attached hydrogen (secondary N) is 1. The van der Waals surface area contributed by atoms with Crippen molar-refractivity contribution in [2.75, 3.05) is 26.5 Å². The lowest BCUT2D eigenvalue weighted by atomic mass is 10.1. The molecule has 1 fully saturated rings. The molecule has 1 aliphatic rings. The lowest BCUT2D eigenvalue weighted by Gasteiger charge is -2.21. The van der Waals surface area contributed by atoms with E-state index in [1.54, 1.807) is 7.11 Å². The molecule has 0 saturated heterocycles. The first-order valence-corrected chi connectivity index (χ1v) is 10.1. The second kappa shape index (κ2) is 8.48. The van der Waals surface area contributed by atoms with Crippen molar-refractivity contribution in [3.05, 3.63) is 29.8 Å². The summed E-state index contributed by atoms with van der Waals surface area (Å²) in [6.07, 6.45) is 5.83. The molecule has 1 saturated carbocycles. The van der Waals surface area contributed by atoms with E-state index in [1.807, 2.05) is 24.3 Å². The molecule has 0 unspecified atom stereocenters. The molecule has 134 valence electrons. The van der Waals surface area contributed by atoms with Crippen LogP contribution in [0.25, 0.3) is 0 Å². The van der Waals surface area contributed by atoms with Gasteiger partial charge in [0.2, 0.25) is 15.9 Å². The summed E-state index contributed by atoms with van der Waals surface area (Å²) < 4.78 is 30.5. The van der Waals surface area contributed by atoms with Gasteiger partial charge in [-0.2, -0.15) is 4.31 Å². The molecule has 0 aromatic heterocycles. The Morgan fingerprint density at radius 1 is 1.29 bits per heavy atom. The third kappa shape index (κ3) is 5.49. The van der Waals surface area contributed by atoms with Gasteiger partial charge < -0.3 is 10.1 Å². The van der Waals surface area contributed by atoms with E-state index in [-0.39, 0.29) is 25.0 Å². The predicted octanol–water partition coefficient (Wildman–Crippen LogP) is 1.56. The third-order valence-corrected chi connectivity index (χ3v) is 5.58. The van der Waals surface area contributed by atoms with E-state index >= 15 is 0 Å². The van der Waals surface area contributed by atoms with Crippen molar-refractivity contribution in [2.24, 2.45) is 0 Å². The van der Waals surface area contributed by atoms with E-state index in [4.69, 9.17) is 4.74 Å². The minimum Gasteiger partial charge on any atom is -0.496 e. The number of rotatable bonds is 8. The Morgan fingerprint density at radius 3 is 2.58 bits per heavy atom. The highest BCUT2D eigenvalue weighted by molar-refractivity contribution is 7.88. The number of carbonyl (C=O) groups is 1. The van der Waals surface area contributed by atoms with Gasteiger partial charge in [-0.25, -0.2) is 8.42 Å². The molecule has 0 heterocycles. The first kappa shape index (κ1) is 18.7. The molecular formula is C17H26N2O4S. The number of benzene rings is 1. The number of nitrogens with zero attached hydrogens (tertiary/aromatic N) is 1. The Kier molecular flexibility index (Phi) is 6.62. The standard InChI is InChI=1S/C17H26N2O4S/c1-23-16-10-6-3-7-14(16)11-12-19(24(2,21)22)13-17(20)18-15-8-4-5-9-15/h3,6-7,10,15H,4-5,8-9,11-13H2,1-2H3,(H,18,20). The number of amides is 1. The molecule has 0 aliphatic heterocycles. The first-order chi connectivity index (χ1) is 11.4. The number of sulfonamides is 1. The van der Waals surface area contributed by atoms with Crippen LogP contribution in [0.5, 0.6) is 5.75 Å². The Bertz CT molecular complexity index is 654. The fourth-order valence-corrected chi connectivity index (χ4v) is 3.80. The lowest BCUT2D eigenvalue weighted by molar-refractivity contribution is -0.122. The molecule has 2 rings (SSSR count). The number of hydrogen-bond acceptors (Lipinski definition) is 4. The van der Waals surface area contributed by atoms with Gasteiger partial charge in [0, 0.05) is 12.6 Å². The fourth-order valence-electron chi connectivity index (χ4n) is 3.02. The molecule has 0 radical (unpaired) electrons. The Labute approximate surface area is 144 Å². The molecule has 0 atom stereocenters. The largest absolute Gasteiger partial charge is 0.496 e. The molecule has 1 N–H and O–H groups in total. The number of methoxy groups -OCH3 is 1. The zero-order valence-corrected chi connectivity index (χ0v) is 15.1. The van der Waals surface area contributed by atoms with Crippen molar-refractivity contribution in [1.29, 1.82) is 0 Å². The molecule has 1 aromatic rings. The van der Waals surface area contributed by atoms with E-state index in [1.165, 1.54) is 4.31 Å². The Hall–Kier alpha value is -1.60. The van der Waals surface area contributed by atoms with E-state index in [2.05, 4.69) is 5.32 Å².